The van der Waals surface area contributed by atoms with Gasteiger partial charge >= 0.3 is 0 Å². The molecule has 34 heavy (non-hydrogen) atoms. The molecule has 0 atom stereocenters. The minimum atomic E-state index is -1.52. The van der Waals surface area contributed by atoms with Crippen molar-refractivity contribution in [3.05, 3.63) is 133 Å². The van der Waals surface area contributed by atoms with Crippen LogP contribution in [0.2, 0.25) is 0 Å². The number of halogens is 3. The molecule has 0 unspecified atom stereocenters. The molecule has 0 N–H and O–H groups in total. The molecule has 0 bridgehead atoms. The van der Waals surface area contributed by atoms with Gasteiger partial charge < -0.3 is 9.97 Å². The van der Waals surface area contributed by atoms with Gasteiger partial charge in [0.1, 0.15) is 5.82 Å². The molecule has 6 heteroatoms. The fourth-order valence-electron chi connectivity index (χ4n) is 3.08. The van der Waals surface area contributed by atoms with E-state index in [-0.39, 0.29) is 31.4 Å². The molecule has 171 valence electrons. The van der Waals surface area contributed by atoms with Crippen LogP contribution in [-0.2, 0) is 20.1 Å². The van der Waals surface area contributed by atoms with Crippen molar-refractivity contribution < 1.29 is 33.3 Å². The van der Waals surface area contributed by atoms with Crippen LogP contribution in [-0.4, -0.2) is 9.97 Å². The first-order valence-electron chi connectivity index (χ1n) is 10.1. The van der Waals surface area contributed by atoms with Gasteiger partial charge in [0.05, 0.1) is 11.6 Å². The van der Waals surface area contributed by atoms with Crippen molar-refractivity contribution in [2.75, 3.05) is 0 Å². The molecular formula is C28H17F3IrN2-2. The maximum Gasteiger partial charge on any atom is 0.111 e. The van der Waals surface area contributed by atoms with E-state index in [2.05, 4.69) is 22.1 Å². The van der Waals surface area contributed by atoms with Crippen molar-refractivity contribution in [2.45, 2.75) is 0 Å². The quantitative estimate of drug-likeness (QED) is 0.156. The van der Waals surface area contributed by atoms with E-state index in [9.17, 15) is 13.2 Å². The van der Waals surface area contributed by atoms with Crippen LogP contribution >= 0.6 is 0 Å². The summed E-state index contributed by atoms with van der Waals surface area (Å²) >= 11 is 0. The summed E-state index contributed by atoms with van der Waals surface area (Å²) in [5.74, 6) is -4.06. The molecule has 0 aliphatic heterocycles. The predicted octanol–water partition coefficient (Wildman–Crippen LogP) is 7.18. The number of hydrogen-bond donors (Lipinski definition) is 0. The summed E-state index contributed by atoms with van der Waals surface area (Å²) in [4.78, 5) is 8.31. The van der Waals surface area contributed by atoms with E-state index in [1.54, 1.807) is 24.5 Å². The van der Waals surface area contributed by atoms with Crippen molar-refractivity contribution in [2.24, 2.45) is 0 Å². The molecule has 0 aliphatic rings. The Balaban J connectivity index is 0.000000212. The van der Waals surface area contributed by atoms with Crippen LogP contribution < -0.4 is 0 Å². The summed E-state index contributed by atoms with van der Waals surface area (Å²) in [6.45, 7) is 0. The number of nitrogens with zero attached hydrogens (tertiary/aromatic N) is 2. The molecule has 2 aromatic heterocycles. The van der Waals surface area contributed by atoms with Gasteiger partial charge in [-0.2, -0.15) is 0 Å². The minimum Gasteiger partial charge on any atom is -0.305 e. The van der Waals surface area contributed by atoms with Crippen molar-refractivity contribution in [3.63, 3.8) is 0 Å². The summed E-state index contributed by atoms with van der Waals surface area (Å²) in [7, 11) is 0. The Kier molecular flexibility index (Phi) is 8.86. The zero-order valence-electron chi connectivity index (χ0n) is 17.7. The van der Waals surface area contributed by atoms with Crippen molar-refractivity contribution in [3.8, 4) is 33.6 Å². The Bertz CT molecular complexity index is 1280. The summed E-state index contributed by atoms with van der Waals surface area (Å²) in [5, 5.41) is 0. The van der Waals surface area contributed by atoms with Crippen LogP contribution in [0, 0.1) is 29.6 Å². The molecule has 0 saturated carbocycles. The second-order valence-electron chi connectivity index (χ2n) is 6.93. The normalized spacial score (nSPS) is 9.97. The van der Waals surface area contributed by atoms with Crippen LogP contribution in [0.3, 0.4) is 0 Å². The molecule has 2 nitrogen and oxygen atoms in total. The van der Waals surface area contributed by atoms with E-state index in [1.807, 2.05) is 72.8 Å². The first-order chi connectivity index (χ1) is 16.1. The van der Waals surface area contributed by atoms with Crippen molar-refractivity contribution in [1.29, 1.82) is 0 Å². The third kappa shape index (κ3) is 6.04. The first kappa shape index (κ1) is 25.0. The standard InChI is InChI=1S/C17H9F3N.C11H8N.Ir/c18-14-8-7-13(16(19)17(14)20)15-9-6-12(10-21-15)11-4-2-1-3-5-11;1-2-6-10(7-3-1)11-8-4-5-9-12-11;/h1-6,8-10H;1-6,8-9H;/q2*-1;. The Morgan fingerprint density at radius 2 is 1.38 bits per heavy atom. The molecule has 0 spiro atoms. The van der Waals surface area contributed by atoms with E-state index in [0.29, 0.717) is 0 Å². The summed E-state index contributed by atoms with van der Waals surface area (Å²) in [6.07, 6.45) is 3.34. The van der Waals surface area contributed by atoms with Gasteiger partial charge in [-0.1, -0.05) is 60.2 Å². The fourth-order valence-corrected chi connectivity index (χ4v) is 3.08. The van der Waals surface area contributed by atoms with Crippen molar-refractivity contribution in [1.82, 2.24) is 9.97 Å². The maximum atomic E-state index is 13.7. The Hall–Kier alpha value is -3.60. The number of hydrogen-bond acceptors (Lipinski definition) is 2. The van der Waals surface area contributed by atoms with E-state index in [4.69, 9.17) is 0 Å². The topological polar surface area (TPSA) is 25.8 Å². The molecule has 5 rings (SSSR count). The summed E-state index contributed by atoms with van der Waals surface area (Å²) < 4.78 is 39.8. The van der Waals surface area contributed by atoms with Crippen LogP contribution in [0.1, 0.15) is 0 Å². The molecule has 5 aromatic rings. The molecule has 0 amide bonds. The monoisotopic (exact) mass is 631 g/mol. The SMILES string of the molecule is Fc1c[c-]c(-c2ccc(-c3ccccc3)cn2)c(F)c1F.[Ir].[c-]1ccccc1-c1ccccn1. The average Bonchev–Trinajstić information content (AvgIpc) is 2.89. The number of pyridine rings is 2. The predicted molar refractivity (Wildman–Crippen MR) is 122 cm³/mol. The zero-order valence-corrected chi connectivity index (χ0v) is 20.1. The molecule has 2 heterocycles. The van der Waals surface area contributed by atoms with E-state index < -0.39 is 17.5 Å². The van der Waals surface area contributed by atoms with E-state index in [0.717, 1.165) is 28.5 Å². The van der Waals surface area contributed by atoms with Gasteiger partial charge in [0.25, 0.3) is 0 Å². The molecule has 1 radical (unpaired) electrons. The summed E-state index contributed by atoms with van der Waals surface area (Å²) in [6, 6.07) is 32.8. The van der Waals surface area contributed by atoms with Gasteiger partial charge in [0.15, 0.2) is 0 Å². The smallest absolute Gasteiger partial charge is 0.111 e. The number of aromatic nitrogens is 2. The first-order valence-corrected chi connectivity index (χ1v) is 10.1. The number of benzene rings is 3. The van der Waals surface area contributed by atoms with Gasteiger partial charge in [-0.05, 0) is 28.6 Å². The van der Waals surface area contributed by atoms with Crippen molar-refractivity contribution >= 4 is 0 Å². The number of rotatable bonds is 3. The second-order valence-corrected chi connectivity index (χ2v) is 6.93. The minimum absolute atomic E-state index is 0. The van der Waals surface area contributed by atoms with Crippen LogP contribution in [0.15, 0.2) is 103 Å². The zero-order chi connectivity index (χ0) is 23.0. The van der Waals surface area contributed by atoms with Gasteiger partial charge in [0, 0.05) is 32.5 Å². The van der Waals surface area contributed by atoms with Crippen LogP contribution in [0.4, 0.5) is 13.2 Å². The summed E-state index contributed by atoms with van der Waals surface area (Å²) in [5.41, 5.74) is 3.84. The second kappa shape index (κ2) is 12.0. The van der Waals surface area contributed by atoms with E-state index >= 15 is 0 Å². The van der Waals surface area contributed by atoms with Gasteiger partial charge in [-0.3, -0.25) is 8.78 Å². The van der Waals surface area contributed by atoms with Crippen LogP contribution in [0.25, 0.3) is 33.6 Å². The third-order valence-electron chi connectivity index (χ3n) is 4.74. The third-order valence-corrected chi connectivity index (χ3v) is 4.74. The van der Waals surface area contributed by atoms with Gasteiger partial charge in [0.2, 0.25) is 0 Å². The van der Waals surface area contributed by atoms with Gasteiger partial charge in [-0.15, -0.1) is 48.0 Å². The maximum absolute atomic E-state index is 13.7. The molecular weight excluding hydrogens is 614 g/mol. The largest absolute Gasteiger partial charge is 0.305 e. The van der Waals surface area contributed by atoms with Crippen LogP contribution in [0.5, 0.6) is 0 Å². The average molecular weight is 631 g/mol. The molecule has 0 fully saturated rings. The molecule has 3 aromatic carbocycles. The Morgan fingerprint density at radius 1 is 0.618 bits per heavy atom. The molecule has 0 aliphatic carbocycles. The van der Waals surface area contributed by atoms with Gasteiger partial charge in [-0.25, -0.2) is 4.39 Å². The van der Waals surface area contributed by atoms with E-state index in [1.165, 1.54) is 0 Å². The Morgan fingerprint density at radius 3 is 2.03 bits per heavy atom. The molecule has 0 saturated heterocycles. The Labute approximate surface area is 209 Å². The fraction of sp³-hybridized carbons (Fsp3) is 0.